The Morgan fingerprint density at radius 1 is 0.970 bits per heavy atom. The van der Waals surface area contributed by atoms with E-state index in [4.69, 9.17) is 9.47 Å². The molecule has 0 spiro atoms. The maximum absolute atomic E-state index is 11.6. The molecule has 0 radical (unpaired) electrons. The van der Waals surface area contributed by atoms with E-state index in [0.29, 0.717) is 18.4 Å². The number of hydrogen-bond acceptors (Lipinski definition) is 3. The second kappa shape index (κ2) is 15.5. The van der Waals surface area contributed by atoms with Gasteiger partial charge in [-0.25, -0.2) is 4.79 Å². The summed E-state index contributed by atoms with van der Waals surface area (Å²) < 4.78 is 11.4. The summed E-state index contributed by atoms with van der Waals surface area (Å²) in [6.45, 7) is 18.2. The number of carbonyl (C=O) groups is 1. The molecule has 0 N–H and O–H groups in total. The third kappa shape index (κ3) is 10.5. The van der Waals surface area contributed by atoms with Crippen molar-refractivity contribution in [3.63, 3.8) is 0 Å². The second-order valence-electron chi connectivity index (χ2n) is 9.41. The molecular formula is C30H46O3. The highest BCUT2D eigenvalue weighted by Gasteiger charge is 2.17. The molecule has 0 fully saturated rings. The van der Waals surface area contributed by atoms with Crippen molar-refractivity contribution in [2.45, 2.75) is 99.3 Å². The van der Waals surface area contributed by atoms with Crippen LogP contribution in [0, 0.1) is 0 Å². The molecule has 0 saturated heterocycles. The quantitative estimate of drug-likeness (QED) is 0.122. The van der Waals surface area contributed by atoms with Crippen LogP contribution in [0.1, 0.15) is 116 Å². The van der Waals surface area contributed by atoms with Crippen molar-refractivity contribution in [3.05, 3.63) is 58.7 Å². The molecule has 3 nitrogen and oxygen atoms in total. The lowest BCUT2D eigenvalue weighted by Crippen LogP contribution is -2.06. The summed E-state index contributed by atoms with van der Waals surface area (Å²) in [7, 11) is 0. The monoisotopic (exact) mass is 454 g/mol. The third-order valence-electron chi connectivity index (χ3n) is 5.69. The molecule has 0 saturated carbocycles. The molecule has 0 unspecified atom stereocenters. The van der Waals surface area contributed by atoms with Gasteiger partial charge in [-0.1, -0.05) is 84.6 Å². The van der Waals surface area contributed by atoms with Crippen LogP contribution < -0.4 is 4.74 Å². The van der Waals surface area contributed by atoms with Crippen molar-refractivity contribution < 1.29 is 14.3 Å². The van der Waals surface area contributed by atoms with Crippen molar-refractivity contribution in [2.75, 3.05) is 13.2 Å². The van der Waals surface area contributed by atoms with Gasteiger partial charge >= 0.3 is 5.97 Å². The molecule has 0 aliphatic carbocycles. The number of ether oxygens (including phenoxy) is 2. The van der Waals surface area contributed by atoms with Gasteiger partial charge in [0.15, 0.2) is 0 Å². The van der Waals surface area contributed by atoms with Crippen molar-refractivity contribution >= 4 is 11.5 Å². The molecule has 184 valence electrons. The minimum absolute atomic E-state index is 0.304. The molecule has 0 bridgehead atoms. The van der Waals surface area contributed by atoms with Crippen LogP contribution in [-0.2, 0) is 9.53 Å². The SMILES string of the molecule is CCCCCCCOc1c(/C(C)=C/C=C/C(C)=C/C(=O)OCC)cc(C(C)C)cc1C(C)C. The van der Waals surface area contributed by atoms with Crippen molar-refractivity contribution in [3.8, 4) is 5.75 Å². The fraction of sp³-hybridized carbons (Fsp3) is 0.567. The second-order valence-corrected chi connectivity index (χ2v) is 9.41. The lowest BCUT2D eigenvalue weighted by Gasteiger charge is -2.21. The summed E-state index contributed by atoms with van der Waals surface area (Å²) in [4.78, 5) is 11.6. The molecule has 0 aliphatic heterocycles. The zero-order valence-electron chi connectivity index (χ0n) is 22.3. The Morgan fingerprint density at radius 2 is 1.67 bits per heavy atom. The highest BCUT2D eigenvalue weighted by Crippen LogP contribution is 2.37. The van der Waals surface area contributed by atoms with E-state index in [0.717, 1.165) is 35.5 Å². The first kappa shape index (κ1) is 28.7. The van der Waals surface area contributed by atoms with Gasteiger partial charge < -0.3 is 9.47 Å². The van der Waals surface area contributed by atoms with Gasteiger partial charge in [-0.3, -0.25) is 0 Å². The summed E-state index contributed by atoms with van der Waals surface area (Å²) >= 11 is 0. The van der Waals surface area contributed by atoms with Gasteiger partial charge in [0.25, 0.3) is 0 Å². The van der Waals surface area contributed by atoms with E-state index in [1.807, 2.05) is 26.0 Å². The van der Waals surface area contributed by atoms with Crippen LogP contribution >= 0.6 is 0 Å². The number of hydrogen-bond donors (Lipinski definition) is 0. The Morgan fingerprint density at radius 3 is 2.27 bits per heavy atom. The van der Waals surface area contributed by atoms with E-state index < -0.39 is 0 Å². The molecule has 0 aromatic heterocycles. The number of benzene rings is 1. The maximum atomic E-state index is 11.6. The topological polar surface area (TPSA) is 35.5 Å². The van der Waals surface area contributed by atoms with Crippen LogP contribution in [0.3, 0.4) is 0 Å². The first-order valence-corrected chi connectivity index (χ1v) is 12.7. The molecule has 3 heteroatoms. The van der Waals surface area contributed by atoms with Crippen LogP contribution in [0.25, 0.3) is 5.57 Å². The third-order valence-corrected chi connectivity index (χ3v) is 5.69. The molecule has 1 aromatic rings. The number of unbranched alkanes of at least 4 members (excludes halogenated alkanes) is 4. The molecule has 0 atom stereocenters. The smallest absolute Gasteiger partial charge is 0.330 e. The standard InChI is InChI=1S/C30H46O3/c1-9-11-12-13-14-18-33-30-27(23(5)6)20-26(22(3)4)21-28(30)25(8)17-15-16-24(7)19-29(31)32-10-2/h15-17,19-23H,9-14,18H2,1-8H3/b16-15+,24-19+,25-17+. The fourth-order valence-corrected chi connectivity index (χ4v) is 3.62. The lowest BCUT2D eigenvalue weighted by atomic mass is 9.89. The average molecular weight is 455 g/mol. The zero-order valence-corrected chi connectivity index (χ0v) is 22.3. The molecule has 33 heavy (non-hydrogen) atoms. The van der Waals surface area contributed by atoms with E-state index in [9.17, 15) is 4.79 Å². The van der Waals surface area contributed by atoms with Crippen LogP contribution in [0.5, 0.6) is 5.75 Å². The first-order chi connectivity index (χ1) is 15.7. The Bertz CT molecular complexity index is 825. The summed E-state index contributed by atoms with van der Waals surface area (Å²) in [5.41, 5.74) is 5.79. The Labute approximate surface area is 203 Å². The number of esters is 1. The fourth-order valence-electron chi connectivity index (χ4n) is 3.62. The number of rotatable bonds is 14. The van der Waals surface area contributed by atoms with Crippen LogP contribution in [0.4, 0.5) is 0 Å². The van der Waals surface area contributed by atoms with Crippen molar-refractivity contribution in [1.82, 2.24) is 0 Å². The zero-order chi connectivity index (χ0) is 24.8. The summed E-state index contributed by atoms with van der Waals surface area (Å²) in [6, 6.07) is 4.60. The van der Waals surface area contributed by atoms with E-state index in [1.165, 1.54) is 42.9 Å². The van der Waals surface area contributed by atoms with Gasteiger partial charge in [0, 0.05) is 11.6 Å². The van der Waals surface area contributed by atoms with Gasteiger partial charge in [-0.2, -0.15) is 0 Å². The van der Waals surface area contributed by atoms with E-state index in [-0.39, 0.29) is 5.97 Å². The van der Waals surface area contributed by atoms with E-state index in [1.54, 1.807) is 0 Å². The minimum Gasteiger partial charge on any atom is -0.493 e. The largest absolute Gasteiger partial charge is 0.493 e. The minimum atomic E-state index is -0.304. The normalized spacial score (nSPS) is 12.8. The summed E-state index contributed by atoms with van der Waals surface area (Å²) in [6.07, 6.45) is 13.7. The highest BCUT2D eigenvalue weighted by atomic mass is 16.5. The molecular weight excluding hydrogens is 408 g/mol. The van der Waals surface area contributed by atoms with Crippen LogP contribution in [0.2, 0.25) is 0 Å². The molecule has 0 amide bonds. The summed E-state index contributed by atoms with van der Waals surface area (Å²) in [5.74, 6) is 1.55. The Balaban J connectivity index is 3.21. The Hall–Kier alpha value is -2.29. The van der Waals surface area contributed by atoms with Gasteiger partial charge in [0.1, 0.15) is 5.75 Å². The Kier molecular flexibility index (Phi) is 13.5. The van der Waals surface area contributed by atoms with Crippen LogP contribution in [-0.4, -0.2) is 19.2 Å². The summed E-state index contributed by atoms with van der Waals surface area (Å²) in [5, 5.41) is 0. The predicted octanol–water partition coefficient (Wildman–Crippen LogP) is 8.75. The number of carbonyl (C=O) groups excluding carboxylic acids is 1. The molecule has 1 rings (SSSR count). The van der Waals surface area contributed by atoms with Gasteiger partial charge in [0.2, 0.25) is 0 Å². The first-order valence-electron chi connectivity index (χ1n) is 12.7. The lowest BCUT2D eigenvalue weighted by molar-refractivity contribution is -0.137. The molecule has 0 heterocycles. The predicted molar refractivity (Wildman–Crippen MR) is 142 cm³/mol. The highest BCUT2D eigenvalue weighted by molar-refractivity contribution is 5.83. The number of allylic oxidation sites excluding steroid dienone is 5. The average Bonchev–Trinajstić information content (AvgIpc) is 2.75. The van der Waals surface area contributed by atoms with Crippen LogP contribution in [0.15, 0.2) is 42.0 Å². The van der Waals surface area contributed by atoms with E-state index in [2.05, 4.69) is 59.8 Å². The van der Waals surface area contributed by atoms with Crippen molar-refractivity contribution in [1.29, 1.82) is 0 Å². The molecule has 1 aromatic carbocycles. The van der Waals surface area contributed by atoms with Gasteiger partial charge in [-0.15, -0.1) is 0 Å². The molecule has 0 aliphatic rings. The van der Waals surface area contributed by atoms with Gasteiger partial charge in [0.05, 0.1) is 13.2 Å². The maximum Gasteiger partial charge on any atom is 0.330 e. The van der Waals surface area contributed by atoms with Gasteiger partial charge in [-0.05, 0) is 67.4 Å². The van der Waals surface area contributed by atoms with Crippen molar-refractivity contribution in [2.24, 2.45) is 0 Å². The van der Waals surface area contributed by atoms with E-state index >= 15 is 0 Å².